The predicted octanol–water partition coefficient (Wildman–Crippen LogP) is 15.7. The first kappa shape index (κ1) is 55.5. The van der Waals surface area contributed by atoms with Gasteiger partial charge < -0.3 is 16.9 Å². The maximum atomic E-state index is 13.9. The van der Waals surface area contributed by atoms with Gasteiger partial charge in [0, 0.05) is 39.3 Å². The molecule has 0 aliphatic rings. The zero-order chi connectivity index (χ0) is 49.4. The summed E-state index contributed by atoms with van der Waals surface area (Å²) in [6, 6.07) is 32.7. The smallest absolute Gasteiger partial charge is 0.195 e. The molecule has 6 nitrogen and oxygen atoms in total. The van der Waals surface area contributed by atoms with Crippen molar-refractivity contribution in [3.8, 4) is 0 Å². The number of rotatable bonds is 16. The van der Waals surface area contributed by atoms with Crippen molar-refractivity contribution in [1.29, 1.82) is 0 Å². The molecule has 0 radical (unpaired) electrons. The Balaban J connectivity index is 0.000000340. The lowest BCUT2D eigenvalue weighted by molar-refractivity contribution is 0.103. The van der Waals surface area contributed by atoms with Crippen molar-refractivity contribution >= 4 is 100 Å². The van der Waals surface area contributed by atoms with Crippen molar-refractivity contribution in [3.05, 3.63) is 119 Å². The minimum atomic E-state index is -1.79. The third-order valence-electron chi connectivity index (χ3n) is 10.9. The van der Waals surface area contributed by atoms with E-state index in [-0.39, 0.29) is 11.6 Å². The Bertz CT molecular complexity index is 2160. The Morgan fingerprint density at radius 3 is 0.984 bits per heavy atom. The lowest BCUT2D eigenvalue weighted by Gasteiger charge is -2.52. The Kier molecular flexibility index (Phi) is 17.1. The number of hydrogen-bond acceptors (Lipinski definition) is 6. The van der Waals surface area contributed by atoms with Crippen LogP contribution in [0.5, 0.6) is 0 Å². The second kappa shape index (κ2) is 19.8. The summed E-state index contributed by atoms with van der Waals surface area (Å²) in [6.45, 7) is 58.2. The number of hydrogen-bond donors (Lipinski definition) is 0. The van der Waals surface area contributed by atoms with Crippen LogP contribution in [-0.2, 0) is 0 Å². The summed E-state index contributed by atoms with van der Waals surface area (Å²) in [4.78, 5) is 27.6. The zero-order valence-electron chi connectivity index (χ0n) is 44.8. The van der Waals surface area contributed by atoms with Gasteiger partial charge in [0.1, 0.15) is 65.9 Å². The van der Waals surface area contributed by atoms with Gasteiger partial charge in [-0.2, -0.15) is 0 Å². The van der Waals surface area contributed by atoms with Crippen LogP contribution in [0, 0.1) is 0 Å². The molecule has 4 rings (SSSR count). The fourth-order valence-corrected chi connectivity index (χ4v) is 50.0. The SMILES string of the molecule is C[Si](C)(C)N(c1ccc(C(=O)c2ccccc2)c(N([Si](C)(C)C)[Si](C)(C)C)c1)[Si](C)(C)C.C[Si](C)(C)N(c1cccc(C(=O)c2ccccc2)c1N([Si](C)(C)C)[Si](C)(C)C)[Si](C)(C)C. The minimum absolute atomic E-state index is 0.126. The van der Waals surface area contributed by atoms with E-state index in [2.05, 4.69) is 210 Å². The van der Waals surface area contributed by atoms with E-state index in [1.807, 2.05) is 60.7 Å². The molecule has 0 fully saturated rings. The molecule has 0 aromatic heterocycles. The van der Waals surface area contributed by atoms with Crippen LogP contribution in [0.1, 0.15) is 31.8 Å². The van der Waals surface area contributed by atoms with E-state index in [0.29, 0.717) is 0 Å². The second-order valence-corrected chi connectivity index (χ2v) is 65.6. The Morgan fingerprint density at radius 1 is 0.312 bits per heavy atom. The van der Waals surface area contributed by atoms with Gasteiger partial charge in [-0.25, -0.2) is 0 Å². The normalized spacial score (nSPS) is 13.1. The summed E-state index contributed by atoms with van der Waals surface area (Å²) in [7, 11) is -13.7. The molecule has 0 saturated carbocycles. The summed E-state index contributed by atoms with van der Waals surface area (Å²) in [5.74, 6) is 0.260. The van der Waals surface area contributed by atoms with Crippen LogP contribution in [0.4, 0.5) is 22.7 Å². The van der Waals surface area contributed by atoms with Crippen LogP contribution < -0.4 is 16.9 Å². The molecule has 0 saturated heterocycles. The van der Waals surface area contributed by atoms with Crippen molar-refractivity contribution in [2.24, 2.45) is 0 Å². The molecule has 4 aromatic carbocycles. The Labute approximate surface area is 400 Å². The first-order valence-electron chi connectivity index (χ1n) is 23.4. The number of ketones is 2. The molecular formula is C50H88N4O2Si8. The average Bonchev–Trinajstić information content (AvgIpc) is 3.08. The van der Waals surface area contributed by atoms with Gasteiger partial charge in [0.05, 0.1) is 5.69 Å². The number of benzene rings is 4. The zero-order valence-corrected chi connectivity index (χ0v) is 52.8. The fourth-order valence-electron chi connectivity index (χ4n) is 10.6. The highest BCUT2D eigenvalue weighted by molar-refractivity contribution is 7.02. The van der Waals surface area contributed by atoms with Gasteiger partial charge in [-0.15, -0.1) is 0 Å². The van der Waals surface area contributed by atoms with Crippen LogP contribution >= 0.6 is 0 Å². The summed E-state index contributed by atoms with van der Waals surface area (Å²) in [6.07, 6.45) is 0. The highest BCUT2D eigenvalue weighted by Gasteiger charge is 2.43. The van der Waals surface area contributed by atoms with Gasteiger partial charge in [-0.1, -0.05) is 224 Å². The third kappa shape index (κ3) is 13.9. The van der Waals surface area contributed by atoms with E-state index in [0.717, 1.165) is 27.9 Å². The highest BCUT2D eigenvalue weighted by atomic mass is 28.4. The Morgan fingerprint density at radius 2 is 0.641 bits per heavy atom. The van der Waals surface area contributed by atoms with Crippen LogP contribution in [0.2, 0.25) is 157 Å². The number of carbonyl (C=O) groups is 2. The van der Waals surface area contributed by atoms with E-state index in [4.69, 9.17) is 0 Å². The van der Waals surface area contributed by atoms with Gasteiger partial charge in [0.2, 0.25) is 0 Å². The van der Waals surface area contributed by atoms with Gasteiger partial charge in [0.15, 0.2) is 11.6 Å². The summed E-state index contributed by atoms with van der Waals surface area (Å²) in [5, 5.41) is 0. The second-order valence-electron chi connectivity index (χ2n) is 25.5. The molecule has 352 valence electrons. The molecule has 0 amide bonds. The average molecular weight is 1000 g/mol. The lowest BCUT2D eigenvalue weighted by Crippen LogP contribution is -2.63. The largest absolute Gasteiger partial charge is 0.424 e. The molecule has 0 spiro atoms. The van der Waals surface area contributed by atoms with Crippen molar-refractivity contribution < 1.29 is 9.59 Å². The topological polar surface area (TPSA) is 47.1 Å². The molecule has 64 heavy (non-hydrogen) atoms. The quantitative estimate of drug-likeness (QED) is 0.0823. The summed E-state index contributed by atoms with van der Waals surface area (Å²) < 4.78 is 11.0. The van der Waals surface area contributed by atoms with E-state index < -0.39 is 65.9 Å². The van der Waals surface area contributed by atoms with Crippen molar-refractivity contribution in [2.75, 3.05) is 16.9 Å². The van der Waals surface area contributed by atoms with Gasteiger partial charge in [-0.05, 0) is 30.3 Å². The molecule has 0 bridgehead atoms. The maximum absolute atomic E-state index is 13.9. The monoisotopic (exact) mass is 1000 g/mol. The molecule has 4 aromatic rings. The van der Waals surface area contributed by atoms with Gasteiger partial charge >= 0.3 is 0 Å². The molecule has 0 N–H and O–H groups in total. The van der Waals surface area contributed by atoms with Crippen molar-refractivity contribution in [3.63, 3.8) is 0 Å². The molecule has 0 aliphatic carbocycles. The van der Waals surface area contributed by atoms with E-state index in [1.165, 1.54) is 17.1 Å². The number of anilines is 4. The molecule has 0 heterocycles. The molecule has 0 unspecified atom stereocenters. The number of para-hydroxylation sites is 1. The van der Waals surface area contributed by atoms with E-state index in [9.17, 15) is 9.59 Å². The van der Waals surface area contributed by atoms with Gasteiger partial charge in [0.25, 0.3) is 0 Å². The van der Waals surface area contributed by atoms with Crippen LogP contribution in [0.15, 0.2) is 97.1 Å². The fraction of sp³-hybridized carbons (Fsp3) is 0.480. The number of carbonyl (C=O) groups excluding carboxylic acids is 2. The maximum Gasteiger partial charge on any atom is 0.195 e. The lowest BCUT2D eigenvalue weighted by atomic mass is 10.0. The van der Waals surface area contributed by atoms with Crippen molar-refractivity contribution in [1.82, 2.24) is 0 Å². The van der Waals surface area contributed by atoms with E-state index in [1.54, 1.807) is 0 Å². The standard InChI is InChI=1S/2C25H44N2OSi4/c1-29(2,3)26(30(4,5)6)23-20-16-19-22(25(28)21-17-14-13-15-18-21)24(23)27(31(7,8)9)32(10,11)12;1-29(2,3)26(30(4,5)6)22-18-19-23(25(28)21-16-14-13-15-17-21)24(20-22)27(31(7,8)9)32(10,11)12/h2*13-20H,1-12H3. The molecule has 0 atom stereocenters. The van der Waals surface area contributed by atoms with Crippen LogP contribution in [0.3, 0.4) is 0 Å². The predicted molar refractivity (Wildman–Crippen MR) is 309 cm³/mol. The highest BCUT2D eigenvalue weighted by Crippen LogP contribution is 2.44. The summed E-state index contributed by atoms with van der Waals surface area (Å²) in [5.41, 5.74) is 8.17. The van der Waals surface area contributed by atoms with Crippen molar-refractivity contribution in [2.45, 2.75) is 157 Å². The third-order valence-corrected chi connectivity index (χ3v) is 39.6. The van der Waals surface area contributed by atoms with E-state index >= 15 is 0 Å². The summed E-state index contributed by atoms with van der Waals surface area (Å²) >= 11 is 0. The van der Waals surface area contributed by atoms with Crippen LogP contribution in [-0.4, -0.2) is 77.5 Å². The molecule has 0 aliphatic heterocycles. The number of nitrogens with zero attached hydrogens (tertiary/aromatic N) is 4. The van der Waals surface area contributed by atoms with Crippen LogP contribution in [0.25, 0.3) is 0 Å². The Hall–Kier alpha value is -2.84. The van der Waals surface area contributed by atoms with Gasteiger partial charge in [-0.3, -0.25) is 9.59 Å². The minimum Gasteiger partial charge on any atom is -0.424 e. The molecular weight excluding hydrogens is 913 g/mol. The molecule has 14 heteroatoms. The first-order valence-corrected chi connectivity index (χ1v) is 51.0. The first-order chi connectivity index (χ1) is 28.7.